The van der Waals surface area contributed by atoms with Crippen molar-refractivity contribution >= 4 is 31.9 Å². The highest BCUT2D eigenvalue weighted by molar-refractivity contribution is 7.89. The molecule has 0 bridgehead atoms. The largest absolute Gasteiger partial charge is 0.497 e. The predicted octanol–water partition coefficient (Wildman–Crippen LogP) is 0.429. The van der Waals surface area contributed by atoms with E-state index in [1.54, 1.807) is 21.9 Å². The molecule has 1 fully saturated rings. The second kappa shape index (κ2) is 14.5. The third-order valence-corrected chi connectivity index (χ3v) is 9.53. The summed E-state index contributed by atoms with van der Waals surface area (Å²) in [6.07, 6.45) is -0.149. The van der Waals surface area contributed by atoms with Gasteiger partial charge in [0.15, 0.2) is 0 Å². The molecule has 1 aliphatic heterocycles. The zero-order chi connectivity index (χ0) is 30.9. The molecule has 2 aromatic carbocycles. The van der Waals surface area contributed by atoms with Crippen LogP contribution in [0.25, 0.3) is 0 Å². The standard InChI is InChI=1S/C26H36N4O10S2/c1-37-19-5-7-21(39-3)23(17-19)41(33,34)27-11-9-25(31)29-13-15-30(16-14-29)26(32)10-12-28-42(35,36)24-18-20(38-2)6-8-22(24)40-4/h5-8,17-18,27-28H,9-16H2,1-4H3. The quantitative estimate of drug-likeness (QED) is 0.299. The molecule has 0 radical (unpaired) electrons. The number of benzene rings is 2. The molecular weight excluding hydrogens is 592 g/mol. The van der Waals surface area contributed by atoms with Crippen LogP contribution in [0.1, 0.15) is 12.8 Å². The van der Waals surface area contributed by atoms with E-state index in [1.165, 1.54) is 52.7 Å². The van der Waals surface area contributed by atoms with Crippen molar-refractivity contribution in [2.75, 3.05) is 67.7 Å². The van der Waals surface area contributed by atoms with Gasteiger partial charge in [0, 0.05) is 64.2 Å². The Balaban J connectivity index is 1.45. The molecule has 14 nitrogen and oxygen atoms in total. The summed E-state index contributed by atoms with van der Waals surface area (Å²) in [5.41, 5.74) is 0. The minimum atomic E-state index is -3.97. The van der Waals surface area contributed by atoms with E-state index in [1.807, 2.05) is 0 Å². The molecule has 0 atom stereocenters. The average molecular weight is 629 g/mol. The Morgan fingerprint density at radius 3 is 1.31 bits per heavy atom. The molecule has 0 saturated carbocycles. The van der Waals surface area contributed by atoms with Gasteiger partial charge in [-0.2, -0.15) is 0 Å². The van der Waals surface area contributed by atoms with E-state index < -0.39 is 20.0 Å². The summed E-state index contributed by atoms with van der Waals surface area (Å²) in [5, 5.41) is 0. The van der Waals surface area contributed by atoms with Crippen molar-refractivity contribution in [1.82, 2.24) is 19.2 Å². The van der Waals surface area contributed by atoms with Gasteiger partial charge in [-0.1, -0.05) is 0 Å². The van der Waals surface area contributed by atoms with Gasteiger partial charge in [-0.25, -0.2) is 26.3 Å². The number of hydrogen-bond acceptors (Lipinski definition) is 10. The molecule has 0 aliphatic carbocycles. The first kappa shape index (κ1) is 32.9. The molecule has 1 heterocycles. The van der Waals surface area contributed by atoms with Crippen LogP contribution in [0.3, 0.4) is 0 Å². The number of nitrogens with one attached hydrogen (secondary N) is 2. The minimum absolute atomic E-state index is 0.0744. The van der Waals surface area contributed by atoms with Gasteiger partial charge in [0.1, 0.15) is 32.8 Å². The Kier molecular flexibility index (Phi) is 11.4. The Hall–Kier alpha value is -3.60. The topological polar surface area (TPSA) is 170 Å². The maximum absolute atomic E-state index is 12.8. The first-order chi connectivity index (χ1) is 19.9. The van der Waals surface area contributed by atoms with Crippen molar-refractivity contribution in [3.05, 3.63) is 36.4 Å². The Morgan fingerprint density at radius 2 is 1.00 bits per heavy atom. The molecular formula is C26H36N4O10S2. The molecule has 232 valence electrons. The summed E-state index contributed by atoms with van der Waals surface area (Å²) < 4.78 is 76.4. The summed E-state index contributed by atoms with van der Waals surface area (Å²) in [6, 6.07) is 8.77. The number of amides is 2. The lowest BCUT2D eigenvalue weighted by atomic mass is 10.2. The second-order valence-electron chi connectivity index (χ2n) is 9.09. The fraction of sp³-hybridized carbons (Fsp3) is 0.462. The Morgan fingerprint density at radius 1 is 0.643 bits per heavy atom. The molecule has 2 aromatic rings. The van der Waals surface area contributed by atoms with Crippen LogP contribution in [0.2, 0.25) is 0 Å². The second-order valence-corrected chi connectivity index (χ2v) is 12.6. The van der Waals surface area contributed by atoms with Crippen LogP contribution in [0.4, 0.5) is 0 Å². The van der Waals surface area contributed by atoms with Crippen molar-refractivity contribution in [3.63, 3.8) is 0 Å². The van der Waals surface area contributed by atoms with E-state index in [-0.39, 0.29) is 85.2 Å². The third kappa shape index (κ3) is 8.24. The number of rotatable bonds is 14. The first-order valence-electron chi connectivity index (χ1n) is 12.9. The molecule has 1 saturated heterocycles. The van der Waals surface area contributed by atoms with Gasteiger partial charge in [0.05, 0.1) is 28.4 Å². The number of methoxy groups -OCH3 is 4. The van der Waals surface area contributed by atoms with Gasteiger partial charge >= 0.3 is 0 Å². The van der Waals surface area contributed by atoms with Crippen molar-refractivity contribution in [3.8, 4) is 23.0 Å². The van der Waals surface area contributed by atoms with E-state index in [4.69, 9.17) is 18.9 Å². The summed E-state index contributed by atoms with van der Waals surface area (Å²) in [5.74, 6) is 0.444. The maximum Gasteiger partial charge on any atom is 0.244 e. The van der Waals surface area contributed by atoms with Crippen LogP contribution in [-0.4, -0.2) is 106 Å². The lowest BCUT2D eigenvalue weighted by Gasteiger charge is -2.35. The zero-order valence-electron chi connectivity index (χ0n) is 23.9. The lowest BCUT2D eigenvalue weighted by Crippen LogP contribution is -2.51. The van der Waals surface area contributed by atoms with Gasteiger partial charge in [-0.15, -0.1) is 0 Å². The average Bonchev–Trinajstić information content (AvgIpc) is 3.00. The van der Waals surface area contributed by atoms with Gasteiger partial charge in [0.25, 0.3) is 0 Å². The van der Waals surface area contributed by atoms with Crippen molar-refractivity contribution in [2.45, 2.75) is 22.6 Å². The molecule has 3 rings (SSSR count). The van der Waals surface area contributed by atoms with Gasteiger partial charge in [-0.3, -0.25) is 9.59 Å². The highest BCUT2D eigenvalue weighted by Gasteiger charge is 2.26. The summed E-state index contributed by atoms with van der Waals surface area (Å²) >= 11 is 0. The number of hydrogen-bond donors (Lipinski definition) is 2. The molecule has 0 aromatic heterocycles. The molecule has 16 heteroatoms. The molecule has 1 aliphatic rings. The molecule has 0 unspecified atom stereocenters. The monoisotopic (exact) mass is 628 g/mol. The smallest absolute Gasteiger partial charge is 0.244 e. The normalized spacial score (nSPS) is 13.9. The summed E-state index contributed by atoms with van der Waals surface area (Å²) in [7, 11) is -2.39. The van der Waals surface area contributed by atoms with Gasteiger partial charge in [-0.05, 0) is 24.3 Å². The van der Waals surface area contributed by atoms with E-state index >= 15 is 0 Å². The van der Waals surface area contributed by atoms with Crippen molar-refractivity contribution in [2.24, 2.45) is 0 Å². The number of sulfonamides is 2. The number of nitrogens with zero attached hydrogens (tertiary/aromatic N) is 2. The minimum Gasteiger partial charge on any atom is -0.497 e. The van der Waals surface area contributed by atoms with E-state index in [0.29, 0.717) is 11.5 Å². The molecule has 2 amide bonds. The van der Waals surface area contributed by atoms with Crippen molar-refractivity contribution < 1.29 is 45.4 Å². The number of carbonyl (C=O) groups excluding carboxylic acids is 2. The summed E-state index contributed by atoms with van der Waals surface area (Å²) in [6.45, 7) is 0.834. The number of ether oxygens (including phenoxy) is 4. The highest BCUT2D eigenvalue weighted by Crippen LogP contribution is 2.29. The number of piperazine rings is 1. The van der Waals surface area contributed by atoms with Crippen LogP contribution < -0.4 is 28.4 Å². The van der Waals surface area contributed by atoms with Crippen molar-refractivity contribution in [1.29, 1.82) is 0 Å². The van der Waals surface area contributed by atoms with E-state index in [0.717, 1.165) is 0 Å². The van der Waals surface area contributed by atoms with Crippen LogP contribution in [0.5, 0.6) is 23.0 Å². The van der Waals surface area contributed by atoms with Gasteiger partial charge in [0.2, 0.25) is 31.9 Å². The third-order valence-electron chi connectivity index (χ3n) is 6.57. The van der Waals surface area contributed by atoms with Crippen LogP contribution in [-0.2, 0) is 29.6 Å². The number of carbonyl (C=O) groups is 2. The van der Waals surface area contributed by atoms with E-state index in [2.05, 4.69) is 9.44 Å². The van der Waals surface area contributed by atoms with E-state index in [9.17, 15) is 26.4 Å². The molecule has 2 N–H and O–H groups in total. The molecule has 42 heavy (non-hydrogen) atoms. The van der Waals surface area contributed by atoms with Crippen LogP contribution in [0.15, 0.2) is 46.2 Å². The Bertz CT molecular complexity index is 1360. The van der Waals surface area contributed by atoms with Crippen LogP contribution in [0, 0.1) is 0 Å². The highest BCUT2D eigenvalue weighted by atomic mass is 32.2. The zero-order valence-corrected chi connectivity index (χ0v) is 25.5. The van der Waals surface area contributed by atoms with Gasteiger partial charge < -0.3 is 28.7 Å². The molecule has 0 spiro atoms. The lowest BCUT2D eigenvalue weighted by molar-refractivity contribution is -0.139. The SMILES string of the molecule is COc1ccc(OC)c(S(=O)(=O)NCCC(=O)N2CCN(C(=O)CCNS(=O)(=O)c3cc(OC)ccc3OC)CC2)c1. The van der Waals surface area contributed by atoms with Crippen LogP contribution >= 0.6 is 0 Å². The maximum atomic E-state index is 12.8. The summed E-state index contributed by atoms with van der Waals surface area (Å²) in [4.78, 5) is 28.3. The fourth-order valence-corrected chi connectivity index (χ4v) is 6.68. The Labute approximate surface area is 246 Å². The predicted molar refractivity (Wildman–Crippen MR) is 152 cm³/mol. The first-order valence-corrected chi connectivity index (χ1v) is 15.9. The fourth-order valence-electron chi connectivity index (χ4n) is 4.25.